The minimum absolute atomic E-state index is 0.207. The Hall–Kier alpha value is -0.670. The summed E-state index contributed by atoms with van der Waals surface area (Å²) >= 11 is 0. The maximum atomic E-state index is 12.7. The van der Waals surface area contributed by atoms with E-state index < -0.39 is 11.8 Å². The first-order valence-electron chi connectivity index (χ1n) is 4.60. The van der Waals surface area contributed by atoms with Gasteiger partial charge in [-0.15, -0.1) is 0 Å². The molecular formula is C9H15F2NO. The number of rotatable bonds is 3. The topological polar surface area (TPSA) is 20.3 Å². The van der Waals surface area contributed by atoms with E-state index >= 15 is 0 Å². The van der Waals surface area contributed by atoms with E-state index in [-0.39, 0.29) is 13.0 Å². The molecule has 0 aromatic carbocycles. The number of carbonyl (C=O) groups excluding carboxylic acids is 1. The minimum Gasteiger partial charge on any atom is -0.337 e. The summed E-state index contributed by atoms with van der Waals surface area (Å²) in [5.74, 6) is -3.65. The number of likely N-dealkylation sites (tertiary alicyclic amines) is 1. The fourth-order valence-corrected chi connectivity index (χ4v) is 1.34. The largest absolute Gasteiger partial charge is 0.337 e. The zero-order chi connectivity index (χ0) is 10.1. The molecule has 2 nitrogen and oxygen atoms in total. The number of hydrogen-bond donors (Lipinski definition) is 0. The molecule has 13 heavy (non-hydrogen) atoms. The van der Waals surface area contributed by atoms with Gasteiger partial charge in [0, 0.05) is 19.5 Å². The summed E-state index contributed by atoms with van der Waals surface area (Å²) in [4.78, 5) is 12.3. The third kappa shape index (κ3) is 2.39. The predicted molar refractivity (Wildman–Crippen MR) is 45.6 cm³/mol. The number of hydrogen-bond acceptors (Lipinski definition) is 1. The Morgan fingerprint density at radius 1 is 1.54 bits per heavy atom. The Morgan fingerprint density at radius 2 is 2.15 bits per heavy atom. The van der Waals surface area contributed by atoms with Gasteiger partial charge in [-0.3, -0.25) is 4.79 Å². The first-order chi connectivity index (χ1) is 5.93. The van der Waals surface area contributed by atoms with Gasteiger partial charge in [-0.2, -0.15) is 8.78 Å². The van der Waals surface area contributed by atoms with Crippen molar-refractivity contribution >= 4 is 5.91 Å². The highest BCUT2D eigenvalue weighted by molar-refractivity contribution is 5.85. The van der Waals surface area contributed by atoms with Crippen molar-refractivity contribution in [3.05, 3.63) is 0 Å². The van der Waals surface area contributed by atoms with Crippen LogP contribution in [0, 0.1) is 5.92 Å². The molecule has 0 unspecified atom stereocenters. The van der Waals surface area contributed by atoms with Gasteiger partial charge in [0.25, 0.3) is 5.91 Å². The number of alkyl halides is 2. The van der Waals surface area contributed by atoms with Crippen LogP contribution in [-0.4, -0.2) is 29.8 Å². The molecule has 1 saturated heterocycles. The second-order valence-corrected chi connectivity index (χ2v) is 3.93. The van der Waals surface area contributed by atoms with Crippen molar-refractivity contribution in [3.63, 3.8) is 0 Å². The third-order valence-corrected chi connectivity index (χ3v) is 2.27. The van der Waals surface area contributed by atoms with Crippen molar-refractivity contribution in [2.45, 2.75) is 32.6 Å². The molecule has 0 spiro atoms. The highest BCUT2D eigenvalue weighted by atomic mass is 19.3. The van der Waals surface area contributed by atoms with Crippen LogP contribution in [0.1, 0.15) is 26.7 Å². The average molecular weight is 191 g/mol. The molecule has 1 amide bonds. The van der Waals surface area contributed by atoms with E-state index in [1.54, 1.807) is 0 Å². The van der Waals surface area contributed by atoms with E-state index in [1.165, 1.54) is 4.90 Å². The maximum Gasteiger partial charge on any atom is 0.326 e. The molecule has 76 valence electrons. The second kappa shape index (κ2) is 3.60. The lowest BCUT2D eigenvalue weighted by Crippen LogP contribution is -2.34. The predicted octanol–water partition coefficient (Wildman–Crippen LogP) is 1.90. The van der Waals surface area contributed by atoms with Gasteiger partial charge in [-0.05, 0) is 12.3 Å². The molecule has 1 heterocycles. The van der Waals surface area contributed by atoms with E-state index in [1.807, 2.05) is 13.8 Å². The molecule has 0 atom stereocenters. The Bertz CT molecular complexity index is 204. The normalized spacial score (nSPS) is 21.6. The van der Waals surface area contributed by atoms with Crippen molar-refractivity contribution in [1.29, 1.82) is 0 Å². The van der Waals surface area contributed by atoms with E-state index in [9.17, 15) is 13.6 Å². The van der Waals surface area contributed by atoms with Gasteiger partial charge in [0.05, 0.1) is 0 Å². The van der Waals surface area contributed by atoms with Gasteiger partial charge in [0.15, 0.2) is 0 Å². The molecule has 0 aromatic heterocycles. The number of halogens is 2. The van der Waals surface area contributed by atoms with Gasteiger partial charge in [0.2, 0.25) is 0 Å². The van der Waals surface area contributed by atoms with Crippen molar-refractivity contribution < 1.29 is 13.6 Å². The summed E-state index contributed by atoms with van der Waals surface area (Å²) < 4.78 is 25.4. The zero-order valence-corrected chi connectivity index (χ0v) is 8.02. The molecule has 0 bridgehead atoms. The molecular weight excluding hydrogens is 176 g/mol. The van der Waals surface area contributed by atoms with Crippen LogP contribution >= 0.6 is 0 Å². The second-order valence-electron chi connectivity index (χ2n) is 3.93. The Labute approximate surface area is 76.9 Å². The quantitative estimate of drug-likeness (QED) is 0.667. The average Bonchev–Trinajstić information content (AvgIpc) is 2.25. The lowest BCUT2D eigenvalue weighted by molar-refractivity contribution is -0.147. The summed E-state index contributed by atoms with van der Waals surface area (Å²) in [5.41, 5.74) is 0. The molecule has 1 aliphatic heterocycles. The van der Waals surface area contributed by atoms with Crippen molar-refractivity contribution in [3.8, 4) is 0 Å². The van der Waals surface area contributed by atoms with Gasteiger partial charge in [-0.1, -0.05) is 13.8 Å². The summed E-state index contributed by atoms with van der Waals surface area (Å²) in [6.45, 7) is 4.70. The van der Waals surface area contributed by atoms with Gasteiger partial charge in [-0.25, -0.2) is 0 Å². The molecule has 1 fully saturated rings. The smallest absolute Gasteiger partial charge is 0.326 e. The fourth-order valence-electron chi connectivity index (χ4n) is 1.34. The van der Waals surface area contributed by atoms with Crippen LogP contribution in [0.2, 0.25) is 0 Å². The van der Waals surface area contributed by atoms with Crippen molar-refractivity contribution in [1.82, 2.24) is 4.90 Å². The summed E-state index contributed by atoms with van der Waals surface area (Å²) in [6, 6.07) is 0. The van der Waals surface area contributed by atoms with Gasteiger partial charge < -0.3 is 4.90 Å². The van der Waals surface area contributed by atoms with E-state index in [4.69, 9.17) is 0 Å². The first-order valence-corrected chi connectivity index (χ1v) is 4.60. The van der Waals surface area contributed by atoms with Crippen LogP contribution in [0.25, 0.3) is 0 Å². The molecule has 1 aliphatic rings. The monoisotopic (exact) mass is 191 g/mol. The number of amides is 1. The highest BCUT2D eigenvalue weighted by Gasteiger charge is 2.47. The van der Waals surface area contributed by atoms with Gasteiger partial charge in [0.1, 0.15) is 0 Å². The van der Waals surface area contributed by atoms with Crippen LogP contribution in [0.15, 0.2) is 0 Å². The third-order valence-electron chi connectivity index (χ3n) is 2.27. The van der Waals surface area contributed by atoms with Crippen LogP contribution < -0.4 is 0 Å². The molecule has 4 heteroatoms. The Kier molecular flexibility index (Phi) is 2.88. The molecule has 1 rings (SSSR count). The zero-order valence-electron chi connectivity index (χ0n) is 8.02. The molecule has 0 N–H and O–H groups in total. The van der Waals surface area contributed by atoms with Crippen LogP contribution in [0.4, 0.5) is 8.78 Å². The van der Waals surface area contributed by atoms with E-state index in [0.29, 0.717) is 12.5 Å². The summed E-state index contributed by atoms with van der Waals surface area (Å²) in [5, 5.41) is 0. The molecule has 0 saturated carbocycles. The summed E-state index contributed by atoms with van der Waals surface area (Å²) in [6.07, 6.45) is 0.478. The standard InChI is InChI=1S/C9H15F2NO/c1-7(2)3-5-12-6-4-9(10,11)8(12)13/h7H,3-6H2,1-2H3. The Balaban J connectivity index is 2.42. The van der Waals surface area contributed by atoms with E-state index in [2.05, 4.69) is 0 Å². The SMILES string of the molecule is CC(C)CCN1CCC(F)(F)C1=O. The minimum atomic E-state index is -3.10. The van der Waals surface area contributed by atoms with Crippen molar-refractivity contribution in [2.75, 3.05) is 13.1 Å². The fraction of sp³-hybridized carbons (Fsp3) is 0.889. The Morgan fingerprint density at radius 3 is 2.54 bits per heavy atom. The number of nitrogens with zero attached hydrogens (tertiary/aromatic N) is 1. The molecule has 0 radical (unpaired) electrons. The maximum absolute atomic E-state index is 12.7. The van der Waals surface area contributed by atoms with Gasteiger partial charge >= 0.3 is 5.92 Å². The lowest BCUT2D eigenvalue weighted by atomic mass is 10.1. The van der Waals surface area contributed by atoms with Crippen LogP contribution in [0.5, 0.6) is 0 Å². The van der Waals surface area contributed by atoms with E-state index in [0.717, 1.165) is 6.42 Å². The van der Waals surface area contributed by atoms with Crippen LogP contribution in [-0.2, 0) is 4.79 Å². The van der Waals surface area contributed by atoms with Crippen LogP contribution in [0.3, 0.4) is 0 Å². The highest BCUT2D eigenvalue weighted by Crippen LogP contribution is 2.28. The van der Waals surface area contributed by atoms with Crippen molar-refractivity contribution in [2.24, 2.45) is 5.92 Å². The molecule has 0 aliphatic carbocycles. The molecule has 0 aromatic rings. The number of carbonyl (C=O) groups is 1. The first kappa shape index (κ1) is 10.4. The summed E-state index contributed by atoms with van der Waals surface area (Å²) in [7, 11) is 0. The lowest BCUT2D eigenvalue weighted by Gasteiger charge is -2.16.